The van der Waals surface area contributed by atoms with E-state index >= 15 is 0 Å². The molecule has 23 heavy (non-hydrogen) atoms. The van der Waals surface area contributed by atoms with Gasteiger partial charge in [0, 0.05) is 12.1 Å². The van der Waals surface area contributed by atoms with Crippen molar-refractivity contribution in [1.82, 2.24) is 5.32 Å². The zero-order chi connectivity index (χ0) is 15.4. The van der Waals surface area contributed by atoms with Gasteiger partial charge in [-0.1, -0.05) is 24.0 Å². The molecular formula is C19H20ClNO2. The maximum absolute atomic E-state index is 5.33. The first kappa shape index (κ1) is 17.2. The van der Waals surface area contributed by atoms with E-state index < -0.39 is 0 Å². The molecule has 2 aromatic rings. The Morgan fingerprint density at radius 2 is 1.83 bits per heavy atom. The lowest BCUT2D eigenvalue weighted by Crippen LogP contribution is -2.28. The molecule has 120 valence electrons. The minimum atomic E-state index is 0. The summed E-state index contributed by atoms with van der Waals surface area (Å²) in [5, 5.41) is 3.47. The molecule has 1 atom stereocenters. The average molecular weight is 330 g/mol. The fraction of sp³-hybridized carbons (Fsp3) is 0.263. The molecule has 1 heterocycles. The van der Waals surface area contributed by atoms with Gasteiger partial charge in [-0.3, -0.25) is 5.32 Å². The molecule has 0 bridgehead atoms. The lowest BCUT2D eigenvalue weighted by Gasteiger charge is -2.23. The van der Waals surface area contributed by atoms with Gasteiger partial charge in [-0.25, -0.2) is 0 Å². The zero-order valence-electron chi connectivity index (χ0n) is 13.3. The predicted octanol–water partition coefficient (Wildman–Crippen LogP) is 3.36. The molecule has 3 nitrogen and oxygen atoms in total. The van der Waals surface area contributed by atoms with Crippen LogP contribution in [0.1, 0.15) is 22.7 Å². The summed E-state index contributed by atoms with van der Waals surface area (Å²) in [6, 6.07) is 14.1. The Hall–Kier alpha value is -2.15. The van der Waals surface area contributed by atoms with Gasteiger partial charge in [-0.15, -0.1) is 12.4 Å². The highest BCUT2D eigenvalue weighted by molar-refractivity contribution is 5.85. The molecule has 2 aromatic carbocycles. The number of rotatable bonds is 2. The molecule has 3 rings (SSSR count). The summed E-state index contributed by atoms with van der Waals surface area (Å²) in [5.74, 6) is 8.25. The Balaban J connectivity index is 0.00000192. The van der Waals surface area contributed by atoms with Crippen molar-refractivity contribution in [2.24, 2.45) is 0 Å². The van der Waals surface area contributed by atoms with E-state index in [4.69, 9.17) is 9.47 Å². The predicted molar refractivity (Wildman–Crippen MR) is 94.6 cm³/mol. The van der Waals surface area contributed by atoms with Crippen molar-refractivity contribution in [3.05, 3.63) is 59.2 Å². The molecule has 0 saturated carbocycles. The summed E-state index contributed by atoms with van der Waals surface area (Å²) < 4.78 is 10.6. The van der Waals surface area contributed by atoms with E-state index in [1.165, 1.54) is 11.1 Å². The van der Waals surface area contributed by atoms with Gasteiger partial charge in [0.15, 0.2) is 0 Å². The van der Waals surface area contributed by atoms with E-state index in [9.17, 15) is 0 Å². The summed E-state index contributed by atoms with van der Waals surface area (Å²) in [5.41, 5.74) is 3.50. The van der Waals surface area contributed by atoms with Crippen molar-refractivity contribution in [2.75, 3.05) is 20.8 Å². The molecular weight excluding hydrogens is 310 g/mol. The second-order valence-corrected chi connectivity index (χ2v) is 5.20. The van der Waals surface area contributed by atoms with E-state index in [1.807, 2.05) is 30.3 Å². The Bertz CT molecular complexity index is 734. The second-order valence-electron chi connectivity index (χ2n) is 5.20. The van der Waals surface area contributed by atoms with Crippen LogP contribution in [0.2, 0.25) is 0 Å². The van der Waals surface area contributed by atoms with Crippen LogP contribution in [0.25, 0.3) is 0 Å². The fourth-order valence-corrected chi connectivity index (χ4v) is 2.64. The van der Waals surface area contributed by atoms with Gasteiger partial charge in [-0.05, 0) is 47.9 Å². The number of nitrogens with one attached hydrogen (secondary N) is 1. The third-order valence-electron chi connectivity index (χ3n) is 3.84. The number of halogens is 1. The molecule has 1 unspecified atom stereocenters. The highest BCUT2D eigenvalue weighted by Gasteiger charge is 2.18. The molecule has 4 heteroatoms. The Labute approximate surface area is 143 Å². The SMILES string of the molecule is COc1cccc(C#CC2NCCc3ccc(OC)cc32)c1.Cl. The van der Waals surface area contributed by atoms with Crippen LogP contribution in [0.4, 0.5) is 0 Å². The van der Waals surface area contributed by atoms with Crippen LogP contribution < -0.4 is 14.8 Å². The molecule has 0 spiro atoms. The normalized spacial score (nSPS) is 15.5. The minimum Gasteiger partial charge on any atom is -0.497 e. The number of ether oxygens (including phenoxy) is 2. The molecule has 1 aliphatic rings. The number of hydrogen-bond acceptors (Lipinski definition) is 3. The molecule has 0 radical (unpaired) electrons. The minimum absolute atomic E-state index is 0. The van der Waals surface area contributed by atoms with Crippen LogP contribution in [0.5, 0.6) is 11.5 Å². The van der Waals surface area contributed by atoms with E-state index in [0.717, 1.165) is 30.0 Å². The number of fused-ring (bicyclic) bond motifs is 1. The van der Waals surface area contributed by atoms with Crippen molar-refractivity contribution in [3.63, 3.8) is 0 Å². The first-order valence-corrected chi connectivity index (χ1v) is 7.36. The molecule has 1 aliphatic heterocycles. The van der Waals surface area contributed by atoms with Crippen molar-refractivity contribution in [2.45, 2.75) is 12.5 Å². The quantitative estimate of drug-likeness (QED) is 0.857. The third kappa shape index (κ3) is 3.98. The Morgan fingerprint density at radius 1 is 1.04 bits per heavy atom. The van der Waals surface area contributed by atoms with E-state index in [0.29, 0.717) is 0 Å². The van der Waals surface area contributed by atoms with Gasteiger partial charge < -0.3 is 9.47 Å². The van der Waals surface area contributed by atoms with Crippen LogP contribution in [-0.4, -0.2) is 20.8 Å². The lowest BCUT2D eigenvalue weighted by atomic mass is 9.94. The van der Waals surface area contributed by atoms with Crippen LogP contribution in [0.15, 0.2) is 42.5 Å². The summed E-state index contributed by atoms with van der Waals surface area (Å²) in [7, 11) is 3.35. The molecule has 1 N–H and O–H groups in total. The van der Waals surface area contributed by atoms with Gasteiger partial charge >= 0.3 is 0 Å². The number of methoxy groups -OCH3 is 2. The summed E-state index contributed by atoms with van der Waals surface area (Å²) in [4.78, 5) is 0. The second kappa shape index (κ2) is 7.92. The molecule has 0 amide bonds. The largest absolute Gasteiger partial charge is 0.497 e. The van der Waals surface area contributed by atoms with Crippen molar-refractivity contribution in [3.8, 4) is 23.3 Å². The highest BCUT2D eigenvalue weighted by atomic mass is 35.5. The van der Waals surface area contributed by atoms with Gasteiger partial charge in [0.1, 0.15) is 11.5 Å². The van der Waals surface area contributed by atoms with Crippen LogP contribution in [0, 0.1) is 11.8 Å². The summed E-state index contributed by atoms with van der Waals surface area (Å²) in [6.45, 7) is 0.941. The smallest absolute Gasteiger partial charge is 0.120 e. The first-order valence-electron chi connectivity index (χ1n) is 7.36. The zero-order valence-corrected chi connectivity index (χ0v) is 14.1. The fourth-order valence-electron chi connectivity index (χ4n) is 2.64. The highest BCUT2D eigenvalue weighted by Crippen LogP contribution is 2.26. The van der Waals surface area contributed by atoms with Crippen LogP contribution in [0.3, 0.4) is 0 Å². The summed E-state index contributed by atoms with van der Waals surface area (Å²) >= 11 is 0. The maximum Gasteiger partial charge on any atom is 0.120 e. The molecule has 0 aliphatic carbocycles. The van der Waals surface area contributed by atoms with Gasteiger partial charge in [0.25, 0.3) is 0 Å². The maximum atomic E-state index is 5.33. The van der Waals surface area contributed by atoms with Gasteiger partial charge in [-0.2, -0.15) is 0 Å². The Morgan fingerprint density at radius 3 is 2.61 bits per heavy atom. The monoisotopic (exact) mass is 329 g/mol. The standard InChI is InChI=1S/C19H19NO2.ClH/c1-21-16-5-3-4-14(12-16)6-9-19-18-13-17(22-2)8-7-15(18)10-11-20-19;/h3-5,7-8,12-13,19-20H,10-11H2,1-2H3;1H. The number of benzene rings is 2. The van der Waals surface area contributed by atoms with Gasteiger partial charge in [0.2, 0.25) is 0 Å². The average Bonchev–Trinajstić information content (AvgIpc) is 2.59. The Kier molecular flexibility index (Phi) is 5.92. The van der Waals surface area contributed by atoms with Crippen LogP contribution >= 0.6 is 12.4 Å². The molecule has 0 aromatic heterocycles. The van der Waals surface area contributed by atoms with E-state index in [-0.39, 0.29) is 18.4 Å². The third-order valence-corrected chi connectivity index (χ3v) is 3.84. The molecule has 0 saturated heterocycles. The van der Waals surface area contributed by atoms with Gasteiger partial charge in [0.05, 0.1) is 20.3 Å². The molecule has 0 fully saturated rings. The number of hydrogen-bond donors (Lipinski definition) is 1. The topological polar surface area (TPSA) is 30.5 Å². The van der Waals surface area contributed by atoms with E-state index in [2.05, 4.69) is 29.3 Å². The van der Waals surface area contributed by atoms with Crippen molar-refractivity contribution in [1.29, 1.82) is 0 Å². The van der Waals surface area contributed by atoms with Crippen LogP contribution in [-0.2, 0) is 6.42 Å². The summed E-state index contributed by atoms with van der Waals surface area (Å²) in [6.07, 6.45) is 1.02. The van der Waals surface area contributed by atoms with Crippen molar-refractivity contribution >= 4 is 12.4 Å². The lowest BCUT2D eigenvalue weighted by molar-refractivity contribution is 0.413. The van der Waals surface area contributed by atoms with Crippen molar-refractivity contribution < 1.29 is 9.47 Å². The van der Waals surface area contributed by atoms with E-state index in [1.54, 1.807) is 14.2 Å². The first-order chi connectivity index (χ1) is 10.8.